The van der Waals surface area contributed by atoms with Crippen LogP contribution in [0, 0.1) is 0 Å². The van der Waals surface area contributed by atoms with Crippen molar-refractivity contribution < 1.29 is 0 Å². The third-order valence-electron chi connectivity index (χ3n) is 1.99. The minimum atomic E-state index is 0.227. The van der Waals surface area contributed by atoms with Gasteiger partial charge in [0.05, 0.1) is 16.3 Å². The van der Waals surface area contributed by atoms with Crippen molar-refractivity contribution in [1.29, 1.82) is 0 Å². The molecule has 0 amide bonds. The van der Waals surface area contributed by atoms with Crippen molar-refractivity contribution in [2.45, 2.75) is 24.8 Å². The topological polar surface area (TPSA) is 62.4 Å². The van der Waals surface area contributed by atoms with Gasteiger partial charge in [0.25, 0.3) is 0 Å². The van der Waals surface area contributed by atoms with E-state index in [9.17, 15) is 0 Å². The molecule has 2 rings (SSSR count). The van der Waals surface area contributed by atoms with Crippen molar-refractivity contribution in [3.05, 3.63) is 17.2 Å². The molecule has 1 aliphatic heterocycles. The van der Waals surface area contributed by atoms with Gasteiger partial charge in [0.15, 0.2) is 0 Å². The van der Waals surface area contributed by atoms with E-state index in [-0.39, 0.29) is 6.04 Å². The van der Waals surface area contributed by atoms with Gasteiger partial charge in [0.2, 0.25) is 5.96 Å². The van der Waals surface area contributed by atoms with Gasteiger partial charge < -0.3 is 11.1 Å². The van der Waals surface area contributed by atoms with Crippen molar-refractivity contribution in [2.75, 3.05) is 11.1 Å². The number of aliphatic imine (C=N–C) groups is 1. The molecule has 0 saturated heterocycles. The normalized spacial score (nSPS) is 16.9. The molecule has 0 unspecified atom stereocenters. The molecule has 4 nitrogen and oxygen atoms in total. The monoisotopic (exact) mass is 256 g/mol. The van der Waals surface area contributed by atoms with E-state index in [2.05, 4.69) is 15.0 Å². The standard InChI is InChI=1S/C10H13ClN4S/c1-5(2)13-10-14-9-7(12)3-6(11)4-8(9)16-15-10/h3-5H,12H2,1-2H3,(H2,13,14,15). The van der Waals surface area contributed by atoms with Gasteiger partial charge in [0, 0.05) is 11.1 Å². The summed E-state index contributed by atoms with van der Waals surface area (Å²) < 4.78 is 3.10. The summed E-state index contributed by atoms with van der Waals surface area (Å²) in [4.78, 5) is 5.36. The van der Waals surface area contributed by atoms with Crippen LogP contribution in [0.3, 0.4) is 0 Å². The third-order valence-corrected chi connectivity index (χ3v) is 3.04. The van der Waals surface area contributed by atoms with Crippen LogP contribution in [0.4, 0.5) is 11.4 Å². The molecule has 1 aromatic carbocycles. The molecule has 0 fully saturated rings. The van der Waals surface area contributed by atoms with Crippen molar-refractivity contribution >= 4 is 40.9 Å². The number of rotatable bonds is 1. The van der Waals surface area contributed by atoms with Crippen LogP contribution in [0.5, 0.6) is 0 Å². The lowest BCUT2D eigenvalue weighted by Gasteiger charge is -2.22. The Morgan fingerprint density at radius 1 is 1.44 bits per heavy atom. The predicted molar refractivity (Wildman–Crippen MR) is 71.1 cm³/mol. The average molecular weight is 257 g/mol. The number of nitrogen functional groups attached to an aromatic ring is 1. The summed E-state index contributed by atoms with van der Waals surface area (Å²) in [7, 11) is 0. The van der Waals surface area contributed by atoms with E-state index in [0.29, 0.717) is 10.7 Å². The molecule has 0 aliphatic carbocycles. The van der Waals surface area contributed by atoms with Gasteiger partial charge in [-0.15, -0.1) is 0 Å². The molecule has 1 aliphatic rings. The molecule has 1 heterocycles. The summed E-state index contributed by atoms with van der Waals surface area (Å²) in [5, 5.41) is 3.79. The fourth-order valence-electron chi connectivity index (χ4n) is 1.38. The lowest BCUT2D eigenvalue weighted by atomic mass is 10.2. The fraction of sp³-hybridized carbons (Fsp3) is 0.300. The molecular formula is C10H13ClN4S. The first-order chi connectivity index (χ1) is 7.56. The minimum Gasteiger partial charge on any atom is -0.397 e. The second-order valence-electron chi connectivity index (χ2n) is 3.77. The van der Waals surface area contributed by atoms with Crippen LogP contribution < -0.4 is 15.8 Å². The highest BCUT2D eigenvalue weighted by Crippen LogP contribution is 2.36. The summed E-state index contributed by atoms with van der Waals surface area (Å²) in [6.07, 6.45) is 0. The first-order valence-corrected chi connectivity index (χ1v) is 6.12. The lowest BCUT2D eigenvalue weighted by Crippen LogP contribution is -2.30. The van der Waals surface area contributed by atoms with Crippen molar-refractivity contribution in [1.82, 2.24) is 4.72 Å². The summed E-state index contributed by atoms with van der Waals surface area (Å²) >= 11 is 7.38. The Balaban J connectivity index is 2.34. The number of hydrogen-bond acceptors (Lipinski definition) is 3. The number of halogens is 1. The maximum atomic E-state index is 5.92. The van der Waals surface area contributed by atoms with Crippen LogP contribution in [0.1, 0.15) is 13.8 Å². The molecule has 6 heteroatoms. The molecule has 0 spiro atoms. The molecule has 0 saturated carbocycles. The van der Waals surface area contributed by atoms with E-state index in [4.69, 9.17) is 17.3 Å². The van der Waals surface area contributed by atoms with Crippen LogP contribution in [-0.2, 0) is 0 Å². The summed E-state index contributed by atoms with van der Waals surface area (Å²) in [5.41, 5.74) is 7.39. The second-order valence-corrected chi connectivity index (χ2v) is 5.05. The van der Waals surface area contributed by atoms with Gasteiger partial charge in [-0.25, -0.2) is 4.99 Å². The number of guanidine groups is 1. The Kier molecular flexibility index (Phi) is 3.16. The molecule has 4 N–H and O–H groups in total. The van der Waals surface area contributed by atoms with Gasteiger partial charge in [-0.2, -0.15) is 0 Å². The number of nitrogens with zero attached hydrogens (tertiary/aromatic N) is 1. The van der Waals surface area contributed by atoms with Crippen molar-refractivity contribution in [2.24, 2.45) is 4.99 Å². The van der Waals surface area contributed by atoms with Crippen LogP contribution in [0.15, 0.2) is 22.0 Å². The van der Waals surface area contributed by atoms with Crippen LogP contribution in [0.2, 0.25) is 5.02 Å². The van der Waals surface area contributed by atoms with Gasteiger partial charge in [-0.3, -0.25) is 4.72 Å². The highest BCUT2D eigenvalue weighted by molar-refractivity contribution is 7.98. The Hall–Kier alpha value is -1.07. The zero-order valence-corrected chi connectivity index (χ0v) is 10.6. The average Bonchev–Trinajstić information content (AvgIpc) is 2.18. The molecule has 0 atom stereocenters. The number of nitrogens with one attached hydrogen (secondary N) is 2. The van der Waals surface area contributed by atoms with Crippen molar-refractivity contribution in [3.63, 3.8) is 0 Å². The Labute approximate surface area is 104 Å². The SMILES string of the molecule is CC(C)N=C1NSc2cc(Cl)cc(N)c2N1. The Morgan fingerprint density at radius 3 is 2.88 bits per heavy atom. The van der Waals surface area contributed by atoms with E-state index in [1.165, 1.54) is 11.9 Å². The second kappa shape index (κ2) is 4.43. The smallest absolute Gasteiger partial charge is 0.206 e. The largest absolute Gasteiger partial charge is 0.397 e. The van der Waals surface area contributed by atoms with Crippen LogP contribution >= 0.6 is 23.5 Å². The summed E-state index contributed by atoms with van der Waals surface area (Å²) in [5.74, 6) is 0.724. The highest BCUT2D eigenvalue weighted by atomic mass is 35.5. The Morgan fingerprint density at radius 2 is 2.19 bits per heavy atom. The predicted octanol–water partition coefficient (Wildman–Crippen LogP) is 2.71. The van der Waals surface area contributed by atoms with Crippen LogP contribution in [-0.4, -0.2) is 12.0 Å². The first kappa shape index (κ1) is 11.4. The van der Waals surface area contributed by atoms with E-state index in [1.807, 2.05) is 19.9 Å². The number of fused-ring (bicyclic) bond motifs is 1. The molecule has 0 radical (unpaired) electrons. The fourth-order valence-corrected chi connectivity index (χ4v) is 2.44. The third kappa shape index (κ3) is 2.36. The molecule has 1 aromatic rings. The maximum absolute atomic E-state index is 5.92. The number of nitrogens with two attached hydrogens (primary N) is 1. The van der Waals surface area contributed by atoms with E-state index in [1.54, 1.807) is 6.07 Å². The highest BCUT2D eigenvalue weighted by Gasteiger charge is 2.17. The zero-order chi connectivity index (χ0) is 11.7. The maximum Gasteiger partial charge on any atom is 0.206 e. The van der Waals surface area contributed by atoms with Crippen LogP contribution in [0.25, 0.3) is 0 Å². The van der Waals surface area contributed by atoms with Gasteiger partial charge in [-0.05, 0) is 37.9 Å². The van der Waals surface area contributed by atoms with Gasteiger partial charge in [-0.1, -0.05) is 11.6 Å². The van der Waals surface area contributed by atoms with Crippen molar-refractivity contribution in [3.8, 4) is 0 Å². The number of benzene rings is 1. The molecular weight excluding hydrogens is 244 g/mol. The summed E-state index contributed by atoms with van der Waals surface area (Å²) in [6.45, 7) is 4.03. The van der Waals surface area contributed by atoms with E-state index >= 15 is 0 Å². The zero-order valence-electron chi connectivity index (χ0n) is 9.04. The molecule has 0 aromatic heterocycles. The number of anilines is 2. The van der Waals surface area contributed by atoms with E-state index < -0.39 is 0 Å². The minimum absolute atomic E-state index is 0.227. The molecule has 0 bridgehead atoms. The van der Waals surface area contributed by atoms with E-state index in [0.717, 1.165) is 16.5 Å². The molecule has 16 heavy (non-hydrogen) atoms. The van der Waals surface area contributed by atoms with Gasteiger partial charge >= 0.3 is 0 Å². The quantitative estimate of drug-likeness (QED) is 0.534. The summed E-state index contributed by atoms with van der Waals surface area (Å²) in [6, 6.07) is 3.82. The lowest BCUT2D eigenvalue weighted by molar-refractivity contribution is 0.831. The Bertz CT molecular complexity index is 445. The van der Waals surface area contributed by atoms with Gasteiger partial charge in [0.1, 0.15) is 0 Å². The first-order valence-electron chi connectivity index (χ1n) is 4.93. The molecule has 86 valence electrons. The number of hydrogen-bond donors (Lipinski definition) is 3.